The molecule has 0 radical (unpaired) electrons. The molecule has 0 bridgehead atoms. The van der Waals surface area contributed by atoms with E-state index in [2.05, 4.69) is 32.9 Å². The molecule has 9 heteroatoms. The van der Waals surface area contributed by atoms with Gasteiger partial charge in [-0.1, -0.05) is 12.1 Å². The van der Waals surface area contributed by atoms with Gasteiger partial charge in [0.25, 0.3) is 11.9 Å². The number of imide groups is 1. The van der Waals surface area contributed by atoms with Crippen molar-refractivity contribution in [2.45, 2.75) is 5.92 Å². The molecule has 27 heavy (non-hydrogen) atoms. The SMILES string of the molecule is O=C1NC(=O)C(C(=O)Nc2ccncc2)C(c2ccc(I)cc2)C1=C(O)O. The standard InChI is InChI=1S/C18H14IN3O5/c19-10-3-1-9(2-4-10)12-13(15(23)21-11-5-7-20-8-6-11)16(24)22-17(25)14(12)18(26)27/h1-8,12-13,26-27H,(H,20,21,23)(H,22,24,25). The van der Waals surface area contributed by atoms with Gasteiger partial charge in [-0.2, -0.15) is 0 Å². The largest absolute Gasteiger partial charge is 0.481 e. The normalized spacial score (nSPS) is 19.4. The average molecular weight is 479 g/mol. The molecular formula is C18H14IN3O5. The predicted octanol–water partition coefficient (Wildman–Crippen LogP) is 2.01. The summed E-state index contributed by atoms with van der Waals surface area (Å²) in [6.45, 7) is 0. The summed E-state index contributed by atoms with van der Waals surface area (Å²) in [5, 5.41) is 23.9. The molecule has 1 aromatic carbocycles. The fraction of sp³-hybridized carbons (Fsp3) is 0.111. The van der Waals surface area contributed by atoms with Crippen molar-refractivity contribution < 1.29 is 24.6 Å². The Morgan fingerprint density at radius 1 is 1.07 bits per heavy atom. The van der Waals surface area contributed by atoms with Gasteiger partial charge in [0.1, 0.15) is 11.5 Å². The predicted molar refractivity (Wildman–Crippen MR) is 104 cm³/mol. The summed E-state index contributed by atoms with van der Waals surface area (Å²) < 4.78 is 0.902. The number of piperidine rings is 1. The van der Waals surface area contributed by atoms with E-state index >= 15 is 0 Å². The highest BCUT2D eigenvalue weighted by Gasteiger charge is 2.47. The zero-order valence-corrected chi connectivity index (χ0v) is 15.9. The lowest BCUT2D eigenvalue weighted by atomic mass is 9.76. The molecule has 1 aliphatic rings. The molecule has 1 saturated heterocycles. The molecule has 0 aliphatic carbocycles. The summed E-state index contributed by atoms with van der Waals surface area (Å²) in [7, 11) is 0. The molecule has 2 heterocycles. The number of nitrogens with zero attached hydrogens (tertiary/aromatic N) is 1. The molecule has 138 valence electrons. The van der Waals surface area contributed by atoms with Crippen molar-refractivity contribution in [2.75, 3.05) is 5.32 Å². The van der Waals surface area contributed by atoms with Gasteiger partial charge in [0.05, 0.1) is 0 Å². The number of hydrogen-bond acceptors (Lipinski definition) is 6. The average Bonchev–Trinajstić information content (AvgIpc) is 2.62. The molecule has 2 unspecified atom stereocenters. The summed E-state index contributed by atoms with van der Waals surface area (Å²) in [4.78, 5) is 41.3. The van der Waals surface area contributed by atoms with Crippen molar-refractivity contribution in [3.8, 4) is 0 Å². The van der Waals surface area contributed by atoms with Gasteiger partial charge in [-0.05, 0) is 52.4 Å². The third-order valence-electron chi connectivity index (χ3n) is 4.11. The van der Waals surface area contributed by atoms with E-state index in [4.69, 9.17) is 0 Å². The lowest BCUT2D eigenvalue weighted by Gasteiger charge is -2.31. The van der Waals surface area contributed by atoms with Crippen LogP contribution in [0.15, 0.2) is 60.3 Å². The zero-order valence-electron chi connectivity index (χ0n) is 13.7. The Hall–Kier alpha value is -2.95. The number of nitrogens with one attached hydrogen (secondary N) is 2. The van der Waals surface area contributed by atoms with Crippen molar-refractivity contribution in [2.24, 2.45) is 5.92 Å². The lowest BCUT2D eigenvalue weighted by molar-refractivity contribution is -0.138. The summed E-state index contributed by atoms with van der Waals surface area (Å²) in [6.07, 6.45) is 2.95. The van der Waals surface area contributed by atoms with Crippen LogP contribution in [0.3, 0.4) is 0 Å². The first-order valence-corrected chi connectivity index (χ1v) is 8.90. The van der Waals surface area contributed by atoms with Crippen molar-refractivity contribution in [3.63, 3.8) is 0 Å². The van der Waals surface area contributed by atoms with E-state index in [-0.39, 0.29) is 0 Å². The van der Waals surface area contributed by atoms with Gasteiger partial charge in [-0.3, -0.25) is 24.7 Å². The number of hydrogen-bond donors (Lipinski definition) is 4. The van der Waals surface area contributed by atoms with Crippen LogP contribution in [-0.2, 0) is 14.4 Å². The highest BCUT2D eigenvalue weighted by Crippen LogP contribution is 2.37. The number of amides is 3. The Morgan fingerprint density at radius 3 is 2.30 bits per heavy atom. The zero-order chi connectivity index (χ0) is 19.6. The van der Waals surface area contributed by atoms with Gasteiger partial charge in [0.15, 0.2) is 0 Å². The topological polar surface area (TPSA) is 129 Å². The van der Waals surface area contributed by atoms with Crippen LogP contribution in [-0.4, -0.2) is 32.9 Å². The summed E-state index contributed by atoms with van der Waals surface area (Å²) >= 11 is 2.09. The minimum Gasteiger partial charge on any atom is -0.481 e. The molecule has 1 fully saturated rings. The van der Waals surface area contributed by atoms with Crippen LogP contribution >= 0.6 is 22.6 Å². The molecule has 4 N–H and O–H groups in total. The number of aromatic nitrogens is 1. The van der Waals surface area contributed by atoms with Gasteiger partial charge >= 0.3 is 0 Å². The fourth-order valence-corrected chi connectivity index (χ4v) is 3.27. The highest BCUT2D eigenvalue weighted by atomic mass is 127. The minimum atomic E-state index is -1.37. The Bertz CT molecular complexity index is 924. The summed E-state index contributed by atoms with van der Waals surface area (Å²) in [6, 6.07) is 9.82. The van der Waals surface area contributed by atoms with E-state index in [9.17, 15) is 24.6 Å². The second kappa shape index (κ2) is 7.74. The number of aliphatic hydroxyl groups excluding tert-OH is 1. The first-order valence-electron chi connectivity index (χ1n) is 7.82. The van der Waals surface area contributed by atoms with Crippen LogP contribution in [0.2, 0.25) is 0 Å². The monoisotopic (exact) mass is 479 g/mol. The van der Waals surface area contributed by atoms with Crippen LogP contribution < -0.4 is 10.6 Å². The second-order valence-electron chi connectivity index (χ2n) is 5.79. The van der Waals surface area contributed by atoms with Crippen LogP contribution in [0.5, 0.6) is 0 Å². The number of pyridine rings is 1. The van der Waals surface area contributed by atoms with Gasteiger partial charge in [0.2, 0.25) is 11.8 Å². The molecule has 1 aliphatic heterocycles. The quantitative estimate of drug-likeness (QED) is 0.175. The first kappa shape index (κ1) is 18.8. The lowest BCUT2D eigenvalue weighted by Crippen LogP contribution is -2.51. The van der Waals surface area contributed by atoms with Gasteiger partial charge in [0, 0.05) is 27.6 Å². The van der Waals surface area contributed by atoms with Crippen LogP contribution in [0.4, 0.5) is 5.69 Å². The molecule has 1 aromatic heterocycles. The third-order valence-corrected chi connectivity index (χ3v) is 4.83. The minimum absolute atomic E-state index is 0.416. The van der Waals surface area contributed by atoms with Crippen LogP contribution in [0, 0.1) is 9.49 Å². The van der Waals surface area contributed by atoms with Crippen molar-refractivity contribution in [1.82, 2.24) is 10.3 Å². The number of benzene rings is 1. The van der Waals surface area contributed by atoms with E-state index in [1.807, 2.05) is 5.32 Å². The molecule has 3 rings (SSSR count). The molecule has 0 spiro atoms. The van der Waals surface area contributed by atoms with Gasteiger partial charge in [-0.15, -0.1) is 0 Å². The van der Waals surface area contributed by atoms with Crippen molar-refractivity contribution in [1.29, 1.82) is 0 Å². The van der Waals surface area contributed by atoms with E-state index in [1.165, 1.54) is 12.4 Å². The summed E-state index contributed by atoms with van der Waals surface area (Å²) in [5.41, 5.74) is 0.412. The van der Waals surface area contributed by atoms with E-state index < -0.39 is 41.1 Å². The molecule has 3 amide bonds. The molecule has 8 nitrogen and oxygen atoms in total. The molecule has 0 saturated carbocycles. The molecule has 2 atom stereocenters. The van der Waals surface area contributed by atoms with Crippen LogP contribution in [0.1, 0.15) is 11.5 Å². The summed E-state index contributed by atoms with van der Waals surface area (Å²) in [5.74, 6) is -6.20. The van der Waals surface area contributed by atoms with Crippen LogP contribution in [0.25, 0.3) is 0 Å². The third kappa shape index (κ3) is 3.92. The fourth-order valence-electron chi connectivity index (χ4n) is 2.91. The van der Waals surface area contributed by atoms with E-state index in [1.54, 1.807) is 36.4 Å². The molecule has 2 aromatic rings. The maximum Gasteiger partial charge on any atom is 0.283 e. The Morgan fingerprint density at radius 2 is 1.70 bits per heavy atom. The van der Waals surface area contributed by atoms with Gasteiger partial charge in [-0.25, -0.2) is 0 Å². The Balaban J connectivity index is 2.06. The maximum absolute atomic E-state index is 12.8. The number of anilines is 1. The second-order valence-corrected chi connectivity index (χ2v) is 7.03. The molecular weight excluding hydrogens is 465 g/mol. The number of aliphatic hydroxyl groups is 2. The number of halogens is 1. The first-order chi connectivity index (χ1) is 12.9. The number of carbonyl (C=O) groups excluding carboxylic acids is 3. The number of carbonyl (C=O) groups is 3. The number of rotatable bonds is 3. The maximum atomic E-state index is 12.8. The van der Waals surface area contributed by atoms with E-state index in [0.717, 1.165) is 3.57 Å². The Kier molecular flexibility index (Phi) is 5.40. The smallest absolute Gasteiger partial charge is 0.283 e. The van der Waals surface area contributed by atoms with Crippen molar-refractivity contribution >= 4 is 46.0 Å². The highest BCUT2D eigenvalue weighted by molar-refractivity contribution is 14.1. The van der Waals surface area contributed by atoms with Gasteiger partial charge < -0.3 is 15.5 Å². The van der Waals surface area contributed by atoms with Crippen molar-refractivity contribution in [3.05, 3.63) is 69.4 Å². The Labute approximate surface area is 167 Å². The van der Waals surface area contributed by atoms with E-state index in [0.29, 0.717) is 11.3 Å².